The first-order valence-electron chi connectivity index (χ1n) is 4.97. The first kappa shape index (κ1) is 14.0. The van der Waals surface area contributed by atoms with Crippen LogP contribution in [0.1, 0.15) is 18.1 Å². The lowest BCUT2D eigenvalue weighted by Crippen LogP contribution is -2.05. The number of nitrogens with zero attached hydrogens (tertiary/aromatic N) is 1. The third-order valence-corrected chi connectivity index (χ3v) is 3.26. The summed E-state index contributed by atoms with van der Waals surface area (Å²) in [5, 5.41) is 17.6. The molecule has 0 aliphatic heterocycles. The van der Waals surface area contributed by atoms with Crippen molar-refractivity contribution in [1.29, 1.82) is 5.26 Å². The number of hydrogen-bond donors (Lipinski definition) is 2. The molecule has 0 saturated carbocycles. The number of thiol groups is 1. The van der Waals surface area contributed by atoms with Crippen LogP contribution >= 0.6 is 22.5 Å². The van der Waals surface area contributed by atoms with Gasteiger partial charge >= 0.3 is 0 Å². The molecule has 0 aliphatic carbocycles. The smallest absolute Gasteiger partial charge is 0.151 e. The highest BCUT2D eigenvalue weighted by atomic mass is 33.1. The molecule has 1 rings (SSSR count). The van der Waals surface area contributed by atoms with Crippen LogP contribution in [0.4, 0.5) is 0 Å². The molecule has 1 atom stereocenters. The molecule has 0 spiro atoms. The van der Waals surface area contributed by atoms with Gasteiger partial charge in [-0.25, -0.2) is 0 Å². The number of ether oxygens (including phenoxy) is 1. The second-order valence-electron chi connectivity index (χ2n) is 3.32. The summed E-state index contributed by atoms with van der Waals surface area (Å²) in [6.07, 6.45) is 3.06. The summed E-state index contributed by atoms with van der Waals surface area (Å²) < 4.78 is 5.59. The highest BCUT2D eigenvalue weighted by Gasteiger charge is 2.04. The minimum atomic E-state index is -0.0833. The third-order valence-electron chi connectivity index (χ3n) is 1.97. The highest BCUT2D eigenvalue weighted by Crippen LogP contribution is 2.23. The predicted molar refractivity (Wildman–Crippen MR) is 73.7 cm³/mol. The zero-order valence-corrected chi connectivity index (χ0v) is 11.0. The average molecular weight is 267 g/mol. The predicted octanol–water partition coefficient (Wildman–Crippen LogP) is 3.02. The Morgan fingerprint density at radius 2 is 2.35 bits per heavy atom. The van der Waals surface area contributed by atoms with E-state index in [1.165, 1.54) is 16.9 Å². The lowest BCUT2D eigenvalue weighted by molar-refractivity contribution is 0.278. The molecule has 1 aromatic rings. The summed E-state index contributed by atoms with van der Waals surface area (Å²) in [7, 11) is 1.30. The van der Waals surface area contributed by atoms with E-state index in [1.54, 1.807) is 18.2 Å². The van der Waals surface area contributed by atoms with Crippen LogP contribution in [0.15, 0.2) is 24.3 Å². The minimum Gasteiger partial charge on any atom is -0.479 e. The minimum absolute atomic E-state index is 0.0625. The zero-order chi connectivity index (χ0) is 12.7. The van der Waals surface area contributed by atoms with E-state index in [1.807, 2.05) is 19.1 Å². The van der Waals surface area contributed by atoms with E-state index in [0.717, 1.165) is 11.1 Å². The summed E-state index contributed by atoms with van der Waals surface area (Å²) in [6.45, 7) is 1.82. The van der Waals surface area contributed by atoms with Crippen molar-refractivity contribution in [1.82, 2.24) is 0 Å². The number of aliphatic hydroxyl groups excluding tert-OH is 1. The second-order valence-corrected chi connectivity index (χ2v) is 4.83. The standard InChI is InChI=1S/C12H13NO2S2/c1-9(17-16)15-12-6-10(3-2-4-13)5-11(7-12)8-14/h2-3,5-7,9,14,16H,8H2,1H3/b3-2+. The summed E-state index contributed by atoms with van der Waals surface area (Å²) in [6, 6.07) is 7.31. The van der Waals surface area contributed by atoms with Gasteiger partial charge in [-0.2, -0.15) is 5.26 Å². The molecule has 3 nitrogen and oxygen atoms in total. The van der Waals surface area contributed by atoms with Gasteiger partial charge in [0, 0.05) is 6.08 Å². The normalized spacial score (nSPS) is 12.4. The van der Waals surface area contributed by atoms with Crippen molar-refractivity contribution in [3.8, 4) is 11.8 Å². The lowest BCUT2D eigenvalue weighted by Gasteiger charge is -2.13. The van der Waals surface area contributed by atoms with Crippen molar-refractivity contribution in [3.05, 3.63) is 35.4 Å². The molecule has 0 radical (unpaired) electrons. The monoisotopic (exact) mass is 267 g/mol. The molecule has 1 unspecified atom stereocenters. The molecular formula is C12H13NO2S2. The van der Waals surface area contributed by atoms with E-state index in [0.29, 0.717) is 5.75 Å². The fourth-order valence-corrected chi connectivity index (χ4v) is 1.57. The van der Waals surface area contributed by atoms with E-state index in [9.17, 15) is 0 Å². The van der Waals surface area contributed by atoms with Crippen LogP contribution in [-0.4, -0.2) is 10.5 Å². The van der Waals surface area contributed by atoms with Crippen LogP contribution in [0.25, 0.3) is 6.08 Å². The maximum absolute atomic E-state index is 9.14. The molecule has 0 aromatic heterocycles. The quantitative estimate of drug-likeness (QED) is 0.373. The van der Waals surface area contributed by atoms with E-state index in [4.69, 9.17) is 15.1 Å². The largest absolute Gasteiger partial charge is 0.479 e. The van der Waals surface area contributed by atoms with Gasteiger partial charge in [-0.15, -0.1) is 11.7 Å². The van der Waals surface area contributed by atoms with Crippen LogP contribution in [0.2, 0.25) is 0 Å². The van der Waals surface area contributed by atoms with E-state index >= 15 is 0 Å². The van der Waals surface area contributed by atoms with Gasteiger partial charge in [0.2, 0.25) is 0 Å². The maximum atomic E-state index is 9.14. The Morgan fingerprint density at radius 1 is 1.59 bits per heavy atom. The maximum Gasteiger partial charge on any atom is 0.151 e. The molecule has 0 aliphatic rings. The first-order chi connectivity index (χ1) is 8.19. The van der Waals surface area contributed by atoms with Gasteiger partial charge in [0.25, 0.3) is 0 Å². The molecule has 0 amide bonds. The second kappa shape index (κ2) is 7.28. The van der Waals surface area contributed by atoms with Gasteiger partial charge in [-0.05, 0) is 42.3 Å². The van der Waals surface area contributed by atoms with Crippen molar-refractivity contribution >= 4 is 28.5 Å². The third kappa shape index (κ3) is 4.73. The first-order valence-corrected chi connectivity index (χ1v) is 6.90. The number of benzene rings is 1. The van der Waals surface area contributed by atoms with Crippen molar-refractivity contribution in [3.63, 3.8) is 0 Å². The molecule has 0 fully saturated rings. The van der Waals surface area contributed by atoms with Gasteiger partial charge in [0.1, 0.15) is 5.75 Å². The molecule has 0 saturated heterocycles. The number of hydrogen-bond acceptors (Lipinski definition) is 5. The topological polar surface area (TPSA) is 53.2 Å². The number of allylic oxidation sites excluding steroid dienone is 1. The molecule has 0 heterocycles. The molecule has 5 heteroatoms. The molecule has 90 valence electrons. The Kier molecular flexibility index (Phi) is 5.98. The lowest BCUT2D eigenvalue weighted by atomic mass is 10.1. The van der Waals surface area contributed by atoms with E-state index in [-0.39, 0.29) is 12.0 Å². The van der Waals surface area contributed by atoms with Gasteiger partial charge in [-0.1, -0.05) is 10.8 Å². The molecular weight excluding hydrogens is 254 g/mol. The Labute approximate surface area is 110 Å². The SMILES string of the molecule is CC(Oc1cc(/C=C/C#N)cc(CO)c1)SS. The highest BCUT2D eigenvalue weighted by molar-refractivity contribution is 8.68. The Morgan fingerprint density at radius 3 is 2.94 bits per heavy atom. The van der Waals surface area contributed by atoms with Gasteiger partial charge in [0.15, 0.2) is 5.44 Å². The summed E-state index contributed by atoms with van der Waals surface area (Å²) >= 11 is 4.06. The van der Waals surface area contributed by atoms with Gasteiger partial charge in [0.05, 0.1) is 12.7 Å². The Bertz CT molecular complexity index is 441. The number of aliphatic hydroxyl groups is 1. The summed E-state index contributed by atoms with van der Waals surface area (Å²) in [5.41, 5.74) is 1.49. The molecule has 1 aromatic carbocycles. The molecule has 17 heavy (non-hydrogen) atoms. The molecule has 1 N–H and O–H groups in total. The summed E-state index contributed by atoms with van der Waals surface area (Å²) in [5.74, 6) is 0.656. The van der Waals surface area contributed by atoms with Crippen molar-refractivity contribution in [2.45, 2.75) is 19.0 Å². The van der Waals surface area contributed by atoms with E-state index < -0.39 is 0 Å². The van der Waals surface area contributed by atoms with Crippen LogP contribution in [0.5, 0.6) is 5.75 Å². The zero-order valence-electron chi connectivity index (χ0n) is 9.33. The van der Waals surface area contributed by atoms with Gasteiger partial charge in [-0.3, -0.25) is 0 Å². The van der Waals surface area contributed by atoms with Crippen molar-refractivity contribution < 1.29 is 9.84 Å². The van der Waals surface area contributed by atoms with Crippen LogP contribution in [-0.2, 0) is 6.61 Å². The van der Waals surface area contributed by atoms with E-state index in [2.05, 4.69) is 11.7 Å². The number of rotatable bonds is 5. The Hall–Kier alpha value is -1.09. The molecule has 0 bridgehead atoms. The van der Waals surface area contributed by atoms with Crippen LogP contribution in [0, 0.1) is 11.3 Å². The van der Waals surface area contributed by atoms with Crippen LogP contribution in [0.3, 0.4) is 0 Å². The number of nitriles is 1. The van der Waals surface area contributed by atoms with Crippen molar-refractivity contribution in [2.24, 2.45) is 0 Å². The fourth-order valence-electron chi connectivity index (χ4n) is 1.29. The summed E-state index contributed by atoms with van der Waals surface area (Å²) in [4.78, 5) is 0. The van der Waals surface area contributed by atoms with Crippen LogP contribution < -0.4 is 4.74 Å². The van der Waals surface area contributed by atoms with Crippen molar-refractivity contribution in [2.75, 3.05) is 0 Å². The average Bonchev–Trinajstić information content (AvgIpc) is 2.35. The van der Waals surface area contributed by atoms with Gasteiger partial charge < -0.3 is 9.84 Å². The fraction of sp³-hybridized carbons (Fsp3) is 0.250. The Balaban J connectivity index is 2.97.